The van der Waals surface area contributed by atoms with Crippen molar-refractivity contribution in [1.82, 2.24) is 4.90 Å². The first-order valence-corrected chi connectivity index (χ1v) is 6.37. The van der Waals surface area contributed by atoms with Crippen LogP contribution < -0.4 is 0 Å². The van der Waals surface area contributed by atoms with Crippen LogP contribution in [0.15, 0.2) is 30.3 Å². The zero-order valence-electron chi connectivity index (χ0n) is 11.2. The molecule has 0 radical (unpaired) electrons. The van der Waals surface area contributed by atoms with Crippen LogP contribution in [0, 0.1) is 0 Å². The molecule has 1 N–H and O–H groups in total. The molecule has 2 rings (SSSR count). The molecule has 6 nitrogen and oxygen atoms in total. The van der Waals surface area contributed by atoms with Gasteiger partial charge in [0, 0.05) is 13.0 Å². The van der Waals surface area contributed by atoms with E-state index in [9.17, 15) is 14.7 Å². The van der Waals surface area contributed by atoms with Crippen LogP contribution in [-0.4, -0.2) is 41.4 Å². The minimum Gasteiger partial charge on any atom is -0.465 e. The molecule has 0 saturated carbocycles. The summed E-state index contributed by atoms with van der Waals surface area (Å²) < 4.78 is 9.66. The number of methoxy groups -OCH3 is 1. The first-order valence-electron chi connectivity index (χ1n) is 6.37. The van der Waals surface area contributed by atoms with Crippen LogP contribution in [0.1, 0.15) is 18.4 Å². The van der Waals surface area contributed by atoms with Gasteiger partial charge in [-0.05, 0) is 12.0 Å². The predicted octanol–water partition coefficient (Wildman–Crippen LogP) is 1.28. The van der Waals surface area contributed by atoms with E-state index in [0.29, 0.717) is 6.42 Å². The number of hydrogen-bond acceptors (Lipinski definition) is 5. The fourth-order valence-corrected chi connectivity index (χ4v) is 2.22. The van der Waals surface area contributed by atoms with E-state index in [1.807, 2.05) is 30.3 Å². The SMILES string of the molecule is COC(=O)C1(O)CCCN1C(=O)OCc1ccccc1. The Labute approximate surface area is 116 Å². The van der Waals surface area contributed by atoms with Crippen molar-refractivity contribution in [3.63, 3.8) is 0 Å². The molecular formula is C14H17NO5. The van der Waals surface area contributed by atoms with Gasteiger partial charge in [0.15, 0.2) is 0 Å². The molecule has 1 saturated heterocycles. The monoisotopic (exact) mass is 279 g/mol. The standard InChI is InChI=1S/C14H17NO5/c1-19-12(16)14(18)8-5-9-15(14)13(17)20-10-11-6-3-2-4-7-11/h2-4,6-7,18H,5,8-10H2,1H3. The number of esters is 1. The second-order valence-electron chi connectivity index (χ2n) is 4.60. The number of benzene rings is 1. The van der Waals surface area contributed by atoms with Crippen LogP contribution in [-0.2, 0) is 20.9 Å². The molecule has 0 aromatic heterocycles. The summed E-state index contributed by atoms with van der Waals surface area (Å²) >= 11 is 0. The Kier molecular flexibility index (Phi) is 4.24. The molecule has 1 atom stereocenters. The van der Waals surface area contributed by atoms with Gasteiger partial charge in [-0.3, -0.25) is 4.90 Å². The number of aliphatic hydroxyl groups is 1. The van der Waals surface area contributed by atoms with Gasteiger partial charge < -0.3 is 14.6 Å². The van der Waals surface area contributed by atoms with Crippen molar-refractivity contribution in [3.8, 4) is 0 Å². The third kappa shape index (κ3) is 2.75. The summed E-state index contributed by atoms with van der Waals surface area (Å²) in [7, 11) is 1.17. The summed E-state index contributed by atoms with van der Waals surface area (Å²) in [6.45, 7) is 0.354. The van der Waals surface area contributed by atoms with E-state index in [2.05, 4.69) is 4.74 Å². The molecule has 1 aromatic rings. The Bertz CT molecular complexity index is 490. The molecule has 6 heteroatoms. The van der Waals surface area contributed by atoms with Crippen LogP contribution in [0.5, 0.6) is 0 Å². The molecule has 1 aliphatic rings. The largest absolute Gasteiger partial charge is 0.465 e. The van der Waals surface area contributed by atoms with Crippen molar-refractivity contribution in [1.29, 1.82) is 0 Å². The normalized spacial score (nSPS) is 21.6. The van der Waals surface area contributed by atoms with E-state index in [-0.39, 0.29) is 19.6 Å². The molecule has 20 heavy (non-hydrogen) atoms. The molecular weight excluding hydrogens is 262 g/mol. The highest BCUT2D eigenvalue weighted by Gasteiger charge is 2.50. The van der Waals surface area contributed by atoms with Crippen molar-refractivity contribution in [3.05, 3.63) is 35.9 Å². The molecule has 1 aromatic carbocycles. The fraction of sp³-hybridized carbons (Fsp3) is 0.429. The van der Waals surface area contributed by atoms with Gasteiger partial charge in [-0.15, -0.1) is 0 Å². The Morgan fingerprint density at radius 3 is 2.70 bits per heavy atom. The summed E-state index contributed by atoms with van der Waals surface area (Å²) in [5, 5.41) is 10.2. The fourth-order valence-electron chi connectivity index (χ4n) is 2.22. The number of hydrogen-bond donors (Lipinski definition) is 1. The maximum Gasteiger partial charge on any atom is 0.412 e. The summed E-state index contributed by atoms with van der Waals surface area (Å²) in [5.41, 5.74) is -1.08. The highest BCUT2D eigenvalue weighted by Crippen LogP contribution is 2.28. The smallest absolute Gasteiger partial charge is 0.412 e. The molecule has 0 bridgehead atoms. The van der Waals surface area contributed by atoms with Gasteiger partial charge in [0.2, 0.25) is 5.72 Å². The predicted molar refractivity (Wildman–Crippen MR) is 69.5 cm³/mol. The maximum atomic E-state index is 12.0. The third-order valence-electron chi connectivity index (χ3n) is 3.29. The lowest BCUT2D eigenvalue weighted by Gasteiger charge is -2.29. The summed E-state index contributed by atoms with van der Waals surface area (Å²) in [6, 6.07) is 9.18. The van der Waals surface area contributed by atoms with Crippen LogP contribution in [0.3, 0.4) is 0 Å². The molecule has 1 heterocycles. The first kappa shape index (κ1) is 14.3. The number of likely N-dealkylation sites (tertiary alicyclic amines) is 1. The minimum atomic E-state index is -1.91. The Morgan fingerprint density at radius 2 is 2.05 bits per heavy atom. The van der Waals surface area contributed by atoms with Gasteiger partial charge >= 0.3 is 12.1 Å². The van der Waals surface area contributed by atoms with Gasteiger partial charge in [0.25, 0.3) is 0 Å². The maximum absolute atomic E-state index is 12.0. The van der Waals surface area contributed by atoms with Crippen molar-refractivity contribution < 1.29 is 24.2 Å². The molecule has 108 valence electrons. The number of carbonyl (C=O) groups excluding carboxylic acids is 2. The molecule has 1 aliphatic heterocycles. The number of rotatable bonds is 3. The summed E-state index contributed by atoms with van der Waals surface area (Å²) in [5.74, 6) is -0.841. The molecule has 0 aliphatic carbocycles. The van der Waals surface area contributed by atoms with Crippen LogP contribution >= 0.6 is 0 Å². The molecule has 1 unspecified atom stereocenters. The first-order chi connectivity index (χ1) is 9.58. The van der Waals surface area contributed by atoms with Gasteiger partial charge in [-0.2, -0.15) is 0 Å². The zero-order valence-corrected chi connectivity index (χ0v) is 11.2. The number of nitrogens with zero attached hydrogens (tertiary/aromatic N) is 1. The second-order valence-corrected chi connectivity index (χ2v) is 4.60. The van der Waals surface area contributed by atoms with Crippen LogP contribution in [0.4, 0.5) is 4.79 Å². The lowest BCUT2D eigenvalue weighted by molar-refractivity contribution is -0.177. The number of ether oxygens (including phenoxy) is 2. The topological polar surface area (TPSA) is 76.1 Å². The summed E-state index contributed by atoms with van der Waals surface area (Å²) in [6.07, 6.45) is -0.0501. The van der Waals surface area contributed by atoms with Gasteiger partial charge in [0.05, 0.1) is 7.11 Å². The van der Waals surface area contributed by atoms with Crippen LogP contribution in [0.25, 0.3) is 0 Å². The third-order valence-corrected chi connectivity index (χ3v) is 3.29. The van der Waals surface area contributed by atoms with E-state index >= 15 is 0 Å². The van der Waals surface area contributed by atoms with E-state index in [1.54, 1.807) is 0 Å². The Hall–Kier alpha value is -2.08. The quantitative estimate of drug-likeness (QED) is 0.843. The summed E-state index contributed by atoms with van der Waals surface area (Å²) in [4.78, 5) is 24.6. The average Bonchev–Trinajstić information content (AvgIpc) is 2.88. The molecule has 1 fully saturated rings. The van der Waals surface area contributed by atoms with Gasteiger partial charge in [-0.1, -0.05) is 30.3 Å². The number of amides is 1. The van der Waals surface area contributed by atoms with Gasteiger partial charge in [-0.25, -0.2) is 9.59 Å². The molecule has 0 spiro atoms. The number of carbonyl (C=O) groups is 2. The lowest BCUT2D eigenvalue weighted by Crippen LogP contribution is -2.53. The minimum absolute atomic E-state index is 0.0907. The van der Waals surface area contributed by atoms with Crippen LogP contribution in [0.2, 0.25) is 0 Å². The highest BCUT2D eigenvalue weighted by atomic mass is 16.6. The van der Waals surface area contributed by atoms with Crippen molar-refractivity contribution >= 4 is 12.1 Å². The van der Waals surface area contributed by atoms with E-state index in [1.165, 1.54) is 7.11 Å². The zero-order chi connectivity index (χ0) is 14.6. The second kappa shape index (κ2) is 5.92. The van der Waals surface area contributed by atoms with Crippen molar-refractivity contribution in [2.45, 2.75) is 25.2 Å². The van der Waals surface area contributed by atoms with E-state index in [4.69, 9.17) is 4.74 Å². The van der Waals surface area contributed by atoms with Gasteiger partial charge in [0.1, 0.15) is 6.61 Å². The lowest BCUT2D eigenvalue weighted by atomic mass is 10.1. The average molecular weight is 279 g/mol. The Balaban J connectivity index is 2.00. The van der Waals surface area contributed by atoms with E-state index in [0.717, 1.165) is 10.5 Å². The molecule has 1 amide bonds. The Morgan fingerprint density at radius 1 is 1.35 bits per heavy atom. The van der Waals surface area contributed by atoms with Crippen molar-refractivity contribution in [2.75, 3.05) is 13.7 Å². The van der Waals surface area contributed by atoms with E-state index < -0.39 is 17.8 Å². The highest BCUT2D eigenvalue weighted by molar-refractivity contribution is 5.84. The van der Waals surface area contributed by atoms with Crippen molar-refractivity contribution in [2.24, 2.45) is 0 Å².